The zero-order valence-corrected chi connectivity index (χ0v) is 13.0. The maximum absolute atomic E-state index is 12.1. The van der Waals surface area contributed by atoms with Crippen molar-refractivity contribution in [1.29, 1.82) is 0 Å². The molecule has 2 aromatic carbocycles. The molecule has 98 valence electrons. The third-order valence-electron chi connectivity index (χ3n) is 3.06. The van der Waals surface area contributed by atoms with E-state index in [2.05, 4.69) is 47.0 Å². The third-order valence-corrected chi connectivity index (χ3v) is 4.00. The fraction of sp³-hybridized carbons (Fsp3) is 0.188. The highest BCUT2D eigenvalue weighted by atomic mass is 127. The van der Waals surface area contributed by atoms with Crippen LogP contribution in [0.1, 0.15) is 28.4 Å². The number of carbonyl (C=O) groups is 1. The first-order chi connectivity index (χ1) is 9.22. The third kappa shape index (κ3) is 3.56. The molecule has 2 rings (SSSR count). The van der Waals surface area contributed by atoms with Crippen molar-refractivity contribution in [2.75, 3.05) is 0 Å². The quantitative estimate of drug-likeness (QED) is 0.821. The van der Waals surface area contributed by atoms with Crippen molar-refractivity contribution in [2.24, 2.45) is 0 Å². The average Bonchev–Trinajstić information content (AvgIpc) is 2.45. The lowest BCUT2D eigenvalue weighted by Gasteiger charge is -2.10. The first kappa shape index (κ1) is 14.1. The molecule has 0 fully saturated rings. The van der Waals surface area contributed by atoms with Crippen molar-refractivity contribution in [3.05, 3.63) is 68.8 Å². The molecule has 1 amide bonds. The Kier molecular flexibility index (Phi) is 4.96. The van der Waals surface area contributed by atoms with Gasteiger partial charge in [-0.2, -0.15) is 0 Å². The molecule has 0 spiro atoms. The van der Waals surface area contributed by atoms with Gasteiger partial charge in [-0.3, -0.25) is 4.79 Å². The van der Waals surface area contributed by atoms with Crippen LogP contribution in [0.25, 0.3) is 0 Å². The number of rotatable bonds is 4. The van der Waals surface area contributed by atoms with Crippen LogP contribution in [-0.2, 0) is 13.0 Å². The number of hydrogen-bond acceptors (Lipinski definition) is 1. The highest BCUT2D eigenvalue weighted by Gasteiger charge is 2.09. The van der Waals surface area contributed by atoms with E-state index in [-0.39, 0.29) is 5.91 Å². The number of carbonyl (C=O) groups excluding carboxylic acids is 1. The van der Waals surface area contributed by atoms with E-state index in [4.69, 9.17) is 0 Å². The predicted octanol–water partition coefficient (Wildman–Crippen LogP) is 3.78. The summed E-state index contributed by atoms with van der Waals surface area (Å²) in [5.74, 6) is -0.0177. The maximum atomic E-state index is 12.1. The Morgan fingerprint density at radius 1 is 1.05 bits per heavy atom. The molecule has 2 aromatic rings. The number of hydrogen-bond donors (Lipinski definition) is 1. The molecule has 0 heterocycles. The summed E-state index contributed by atoms with van der Waals surface area (Å²) >= 11 is 2.18. The molecule has 19 heavy (non-hydrogen) atoms. The summed E-state index contributed by atoms with van der Waals surface area (Å²) in [5, 5.41) is 2.99. The van der Waals surface area contributed by atoms with Gasteiger partial charge in [0.1, 0.15) is 0 Å². The second kappa shape index (κ2) is 6.70. The van der Waals surface area contributed by atoms with E-state index < -0.39 is 0 Å². The van der Waals surface area contributed by atoms with E-state index in [1.54, 1.807) is 0 Å². The summed E-state index contributed by atoms with van der Waals surface area (Å²) in [4.78, 5) is 12.1. The fourth-order valence-corrected chi connectivity index (χ4v) is 2.62. The largest absolute Gasteiger partial charge is 0.348 e. The van der Waals surface area contributed by atoms with Gasteiger partial charge < -0.3 is 5.32 Å². The Morgan fingerprint density at radius 2 is 1.68 bits per heavy atom. The summed E-state index contributed by atoms with van der Waals surface area (Å²) in [6.45, 7) is 2.70. The first-order valence-corrected chi connectivity index (χ1v) is 7.39. The van der Waals surface area contributed by atoms with Gasteiger partial charge in [0.25, 0.3) is 5.91 Å². The molecule has 0 unspecified atom stereocenters. The number of aryl methyl sites for hydroxylation is 1. The number of halogens is 1. The minimum Gasteiger partial charge on any atom is -0.348 e. The Hall–Kier alpha value is -1.36. The van der Waals surface area contributed by atoms with Gasteiger partial charge in [0.15, 0.2) is 0 Å². The minimum atomic E-state index is -0.0177. The van der Waals surface area contributed by atoms with Crippen LogP contribution in [0.5, 0.6) is 0 Å². The molecule has 0 aliphatic rings. The number of amides is 1. The second-order valence-electron chi connectivity index (χ2n) is 4.28. The van der Waals surface area contributed by atoms with Gasteiger partial charge in [0.2, 0.25) is 0 Å². The molecular formula is C16H16INO. The van der Waals surface area contributed by atoms with Crippen LogP contribution in [-0.4, -0.2) is 5.91 Å². The summed E-state index contributed by atoms with van der Waals surface area (Å²) in [7, 11) is 0. The van der Waals surface area contributed by atoms with Gasteiger partial charge in [0, 0.05) is 10.1 Å². The lowest BCUT2D eigenvalue weighted by Crippen LogP contribution is -2.24. The predicted molar refractivity (Wildman–Crippen MR) is 86.1 cm³/mol. The van der Waals surface area contributed by atoms with Gasteiger partial charge in [-0.15, -0.1) is 0 Å². The summed E-state index contributed by atoms with van der Waals surface area (Å²) in [6, 6.07) is 15.8. The number of nitrogens with one attached hydrogen (secondary N) is 1. The molecule has 1 N–H and O–H groups in total. The Labute approximate surface area is 127 Å². The van der Waals surface area contributed by atoms with E-state index in [9.17, 15) is 4.79 Å². The molecule has 0 saturated heterocycles. The Bertz CT molecular complexity index is 580. The molecule has 0 aliphatic carbocycles. The van der Waals surface area contributed by atoms with E-state index >= 15 is 0 Å². The smallest absolute Gasteiger partial charge is 0.252 e. The first-order valence-electron chi connectivity index (χ1n) is 6.32. The minimum absolute atomic E-state index is 0.0177. The van der Waals surface area contributed by atoms with Crippen molar-refractivity contribution in [1.82, 2.24) is 5.32 Å². The summed E-state index contributed by atoms with van der Waals surface area (Å²) in [5.41, 5.74) is 3.20. The fourth-order valence-electron chi connectivity index (χ4n) is 1.99. The van der Waals surface area contributed by atoms with Gasteiger partial charge in [0.05, 0.1) is 5.56 Å². The van der Waals surface area contributed by atoms with E-state index in [1.165, 1.54) is 11.1 Å². The molecule has 0 radical (unpaired) electrons. The maximum Gasteiger partial charge on any atom is 0.252 e. The van der Waals surface area contributed by atoms with Crippen LogP contribution in [0.3, 0.4) is 0 Å². The molecular weight excluding hydrogens is 349 g/mol. The van der Waals surface area contributed by atoms with Gasteiger partial charge in [-0.1, -0.05) is 43.3 Å². The molecule has 0 aromatic heterocycles. The Morgan fingerprint density at radius 3 is 2.37 bits per heavy atom. The normalized spacial score (nSPS) is 10.2. The van der Waals surface area contributed by atoms with Gasteiger partial charge in [-0.25, -0.2) is 0 Å². The summed E-state index contributed by atoms with van der Waals surface area (Å²) in [6.07, 6.45) is 0.981. The molecule has 0 saturated carbocycles. The SMILES string of the molecule is CCc1ccccc1CNC(=O)c1ccccc1I. The molecule has 2 nitrogen and oxygen atoms in total. The Balaban J connectivity index is 2.07. The van der Waals surface area contributed by atoms with Gasteiger partial charge >= 0.3 is 0 Å². The van der Waals surface area contributed by atoms with E-state index in [1.807, 2.05) is 36.4 Å². The zero-order chi connectivity index (χ0) is 13.7. The highest BCUT2D eigenvalue weighted by molar-refractivity contribution is 14.1. The molecule has 3 heteroatoms. The van der Waals surface area contributed by atoms with E-state index in [0.29, 0.717) is 6.54 Å². The van der Waals surface area contributed by atoms with Crippen LogP contribution >= 0.6 is 22.6 Å². The van der Waals surface area contributed by atoms with Crippen LogP contribution in [0.2, 0.25) is 0 Å². The lowest BCUT2D eigenvalue weighted by molar-refractivity contribution is 0.0950. The second-order valence-corrected chi connectivity index (χ2v) is 5.45. The van der Waals surface area contributed by atoms with Crippen LogP contribution in [0.15, 0.2) is 48.5 Å². The van der Waals surface area contributed by atoms with Crippen LogP contribution in [0, 0.1) is 3.57 Å². The standard InChI is InChI=1S/C16H16INO/c1-2-12-7-3-4-8-13(12)11-18-16(19)14-9-5-6-10-15(14)17/h3-10H,2,11H2,1H3,(H,18,19). The monoisotopic (exact) mass is 365 g/mol. The van der Waals surface area contributed by atoms with Crippen molar-refractivity contribution in [3.8, 4) is 0 Å². The summed E-state index contributed by atoms with van der Waals surface area (Å²) < 4.78 is 0.973. The van der Waals surface area contributed by atoms with Crippen molar-refractivity contribution in [2.45, 2.75) is 19.9 Å². The zero-order valence-electron chi connectivity index (χ0n) is 10.8. The molecule has 0 bridgehead atoms. The van der Waals surface area contributed by atoms with Gasteiger partial charge in [-0.05, 0) is 52.3 Å². The van der Waals surface area contributed by atoms with Crippen LogP contribution in [0.4, 0.5) is 0 Å². The average molecular weight is 365 g/mol. The van der Waals surface area contributed by atoms with Crippen molar-refractivity contribution >= 4 is 28.5 Å². The van der Waals surface area contributed by atoms with Crippen LogP contribution < -0.4 is 5.32 Å². The molecule has 0 atom stereocenters. The van der Waals surface area contributed by atoms with E-state index in [0.717, 1.165) is 15.6 Å². The molecule has 0 aliphatic heterocycles. The number of benzene rings is 2. The highest BCUT2D eigenvalue weighted by Crippen LogP contribution is 2.12. The van der Waals surface area contributed by atoms with Crippen molar-refractivity contribution in [3.63, 3.8) is 0 Å². The van der Waals surface area contributed by atoms with Crippen molar-refractivity contribution < 1.29 is 4.79 Å². The lowest BCUT2D eigenvalue weighted by atomic mass is 10.1. The topological polar surface area (TPSA) is 29.1 Å².